The Morgan fingerprint density at radius 1 is 1.22 bits per heavy atom. The summed E-state index contributed by atoms with van der Waals surface area (Å²) in [6.07, 6.45) is 4.46. The van der Waals surface area contributed by atoms with Gasteiger partial charge in [0.05, 0.1) is 5.02 Å². The number of hydrogen-bond acceptors (Lipinski definition) is 6. The molecular formula is C14H18ClN7O. The Hall–Kier alpha value is -2.22. The second-order valence-electron chi connectivity index (χ2n) is 5.38. The van der Waals surface area contributed by atoms with Gasteiger partial charge in [0.2, 0.25) is 5.91 Å². The summed E-state index contributed by atoms with van der Waals surface area (Å²) < 4.78 is 1.64. The van der Waals surface area contributed by atoms with E-state index in [1.807, 2.05) is 17.0 Å². The van der Waals surface area contributed by atoms with Crippen molar-refractivity contribution < 1.29 is 4.79 Å². The van der Waals surface area contributed by atoms with Crippen LogP contribution in [0.5, 0.6) is 0 Å². The van der Waals surface area contributed by atoms with Crippen molar-refractivity contribution in [3.05, 3.63) is 29.7 Å². The van der Waals surface area contributed by atoms with E-state index in [9.17, 15) is 4.79 Å². The predicted octanol–water partition coefficient (Wildman–Crippen LogP) is 0.850. The zero-order chi connectivity index (χ0) is 16.1. The van der Waals surface area contributed by atoms with Crippen LogP contribution >= 0.6 is 11.6 Å². The first-order valence-corrected chi connectivity index (χ1v) is 7.95. The maximum absolute atomic E-state index is 12.2. The molecule has 8 nitrogen and oxygen atoms in total. The van der Waals surface area contributed by atoms with Crippen LogP contribution in [0.4, 0.5) is 5.82 Å². The molecule has 0 aromatic carbocycles. The Bertz CT molecular complexity index is 623. The fourth-order valence-electron chi connectivity index (χ4n) is 2.57. The molecule has 0 unspecified atom stereocenters. The molecule has 1 fully saturated rings. The van der Waals surface area contributed by atoms with Crippen LogP contribution in [0.2, 0.25) is 5.02 Å². The van der Waals surface area contributed by atoms with Crippen LogP contribution in [0, 0.1) is 0 Å². The van der Waals surface area contributed by atoms with Crippen LogP contribution in [0.15, 0.2) is 24.7 Å². The highest BCUT2D eigenvalue weighted by molar-refractivity contribution is 6.30. The topological polar surface area (TPSA) is 80.0 Å². The Kier molecular flexibility index (Phi) is 5.02. The highest BCUT2D eigenvalue weighted by atomic mass is 35.5. The molecule has 3 heterocycles. The number of tetrazole rings is 1. The van der Waals surface area contributed by atoms with Crippen molar-refractivity contribution in [2.75, 3.05) is 31.1 Å². The van der Waals surface area contributed by atoms with Crippen molar-refractivity contribution >= 4 is 23.3 Å². The molecule has 9 heteroatoms. The molecule has 0 aliphatic carbocycles. The summed E-state index contributed by atoms with van der Waals surface area (Å²) in [6.45, 7) is 3.66. The number of halogens is 1. The summed E-state index contributed by atoms with van der Waals surface area (Å²) in [6, 6.07) is 3.74. The number of hydrogen-bond donors (Lipinski definition) is 0. The minimum Gasteiger partial charge on any atom is -0.353 e. The molecule has 0 spiro atoms. The molecule has 0 saturated carbocycles. The molecule has 0 bridgehead atoms. The number of aryl methyl sites for hydroxylation is 1. The number of carbonyl (C=O) groups is 1. The molecule has 0 atom stereocenters. The average Bonchev–Trinajstić information content (AvgIpc) is 3.09. The second-order valence-corrected chi connectivity index (χ2v) is 5.82. The Labute approximate surface area is 139 Å². The molecular weight excluding hydrogens is 318 g/mol. The maximum atomic E-state index is 12.2. The molecule has 3 rings (SSSR count). The van der Waals surface area contributed by atoms with Crippen LogP contribution < -0.4 is 4.90 Å². The van der Waals surface area contributed by atoms with E-state index in [1.165, 1.54) is 0 Å². The number of piperazine rings is 1. The summed E-state index contributed by atoms with van der Waals surface area (Å²) in [5.41, 5.74) is 0. The van der Waals surface area contributed by atoms with Gasteiger partial charge in [-0.25, -0.2) is 9.67 Å². The van der Waals surface area contributed by atoms with Crippen molar-refractivity contribution in [1.82, 2.24) is 30.1 Å². The summed E-state index contributed by atoms with van der Waals surface area (Å²) in [5.74, 6) is 1.09. The minimum atomic E-state index is 0.182. The lowest BCUT2D eigenvalue weighted by atomic mass is 10.2. The van der Waals surface area contributed by atoms with E-state index in [4.69, 9.17) is 11.6 Å². The Morgan fingerprint density at radius 3 is 2.70 bits per heavy atom. The number of rotatable bonds is 5. The molecule has 1 aliphatic rings. The lowest BCUT2D eigenvalue weighted by Crippen LogP contribution is -2.49. The van der Waals surface area contributed by atoms with Crippen LogP contribution in [-0.2, 0) is 11.3 Å². The average molecular weight is 336 g/mol. The zero-order valence-electron chi connectivity index (χ0n) is 12.7. The third kappa shape index (κ3) is 4.16. The van der Waals surface area contributed by atoms with E-state index >= 15 is 0 Å². The van der Waals surface area contributed by atoms with Gasteiger partial charge in [0.15, 0.2) is 0 Å². The van der Waals surface area contributed by atoms with Gasteiger partial charge in [-0.3, -0.25) is 4.79 Å². The molecule has 2 aromatic rings. The molecule has 1 aliphatic heterocycles. The lowest BCUT2D eigenvalue weighted by Gasteiger charge is -2.35. The smallest absolute Gasteiger partial charge is 0.222 e. The van der Waals surface area contributed by atoms with Crippen molar-refractivity contribution in [2.24, 2.45) is 0 Å². The number of nitrogens with zero attached hydrogens (tertiary/aromatic N) is 7. The Morgan fingerprint density at radius 2 is 2.04 bits per heavy atom. The van der Waals surface area contributed by atoms with Gasteiger partial charge in [0, 0.05) is 45.3 Å². The largest absolute Gasteiger partial charge is 0.353 e. The highest BCUT2D eigenvalue weighted by Crippen LogP contribution is 2.16. The van der Waals surface area contributed by atoms with Gasteiger partial charge in [-0.15, -0.1) is 5.10 Å². The normalized spacial score (nSPS) is 15.0. The summed E-state index contributed by atoms with van der Waals surface area (Å²) in [5, 5.41) is 11.6. The van der Waals surface area contributed by atoms with Gasteiger partial charge in [0.1, 0.15) is 12.1 Å². The first-order valence-electron chi connectivity index (χ1n) is 7.57. The highest BCUT2D eigenvalue weighted by Gasteiger charge is 2.21. The lowest BCUT2D eigenvalue weighted by molar-refractivity contribution is -0.131. The van der Waals surface area contributed by atoms with E-state index in [2.05, 4.69) is 25.4 Å². The third-order valence-electron chi connectivity index (χ3n) is 3.84. The molecule has 23 heavy (non-hydrogen) atoms. The van der Waals surface area contributed by atoms with Gasteiger partial charge >= 0.3 is 0 Å². The number of pyridine rings is 1. The van der Waals surface area contributed by atoms with Gasteiger partial charge < -0.3 is 9.80 Å². The fourth-order valence-corrected chi connectivity index (χ4v) is 2.68. The molecule has 0 radical (unpaired) electrons. The second kappa shape index (κ2) is 7.36. The van der Waals surface area contributed by atoms with Crippen LogP contribution in [0.25, 0.3) is 0 Å². The number of carbonyl (C=O) groups excluding carboxylic acids is 1. The zero-order valence-corrected chi connectivity index (χ0v) is 13.4. The van der Waals surface area contributed by atoms with E-state index in [0.29, 0.717) is 31.1 Å². The molecule has 122 valence electrons. The number of amides is 1. The fraction of sp³-hybridized carbons (Fsp3) is 0.500. The van der Waals surface area contributed by atoms with Gasteiger partial charge in [-0.1, -0.05) is 11.6 Å². The van der Waals surface area contributed by atoms with Crippen molar-refractivity contribution in [3.63, 3.8) is 0 Å². The van der Waals surface area contributed by atoms with E-state index in [1.54, 1.807) is 17.2 Å². The minimum absolute atomic E-state index is 0.182. The molecule has 1 saturated heterocycles. The molecule has 1 amide bonds. The van der Waals surface area contributed by atoms with Crippen molar-refractivity contribution in [1.29, 1.82) is 0 Å². The standard InChI is InChI=1S/C14H18ClN7O/c15-12-3-4-13(16-10-12)20-6-8-21(9-7-20)14(23)2-1-5-22-11-17-18-19-22/h3-4,10-11H,1-2,5-9H2. The quantitative estimate of drug-likeness (QED) is 0.806. The first-order chi connectivity index (χ1) is 11.2. The number of aromatic nitrogens is 5. The molecule has 2 aromatic heterocycles. The maximum Gasteiger partial charge on any atom is 0.222 e. The van der Waals surface area contributed by atoms with Gasteiger partial charge in [0.25, 0.3) is 0 Å². The summed E-state index contributed by atoms with van der Waals surface area (Å²) >= 11 is 5.85. The Balaban J connectivity index is 1.43. The SMILES string of the molecule is O=C(CCCn1cnnn1)N1CCN(c2ccc(Cl)cn2)CC1. The van der Waals surface area contributed by atoms with Crippen molar-refractivity contribution in [2.45, 2.75) is 19.4 Å². The van der Waals surface area contributed by atoms with E-state index < -0.39 is 0 Å². The van der Waals surface area contributed by atoms with E-state index in [-0.39, 0.29) is 5.91 Å². The van der Waals surface area contributed by atoms with Crippen LogP contribution in [0.3, 0.4) is 0 Å². The third-order valence-corrected chi connectivity index (χ3v) is 4.06. The predicted molar refractivity (Wildman–Crippen MR) is 85.1 cm³/mol. The molecule has 0 N–H and O–H groups in total. The van der Waals surface area contributed by atoms with Crippen molar-refractivity contribution in [3.8, 4) is 0 Å². The monoisotopic (exact) mass is 335 g/mol. The van der Waals surface area contributed by atoms with Crippen LogP contribution in [-0.4, -0.2) is 62.2 Å². The van der Waals surface area contributed by atoms with Gasteiger partial charge in [-0.2, -0.15) is 0 Å². The summed E-state index contributed by atoms with van der Waals surface area (Å²) in [7, 11) is 0. The first kappa shape index (κ1) is 15.7. The number of anilines is 1. The summed E-state index contributed by atoms with van der Waals surface area (Å²) in [4.78, 5) is 20.6. The van der Waals surface area contributed by atoms with Crippen LogP contribution in [0.1, 0.15) is 12.8 Å². The van der Waals surface area contributed by atoms with Gasteiger partial charge in [-0.05, 0) is 29.0 Å². The van der Waals surface area contributed by atoms with E-state index in [0.717, 1.165) is 25.3 Å².